The third-order valence-electron chi connectivity index (χ3n) is 3.65. The van der Waals surface area contributed by atoms with E-state index in [1.165, 1.54) is 23.1 Å². The van der Waals surface area contributed by atoms with Gasteiger partial charge in [-0.15, -0.1) is 10.2 Å². The third-order valence-corrected chi connectivity index (χ3v) is 6.22. The fraction of sp³-hybridized carbons (Fsp3) is 0.158. The van der Waals surface area contributed by atoms with Crippen LogP contribution in [0.3, 0.4) is 0 Å². The lowest BCUT2D eigenvalue weighted by molar-refractivity contribution is -0.122. The number of nitriles is 1. The van der Waals surface area contributed by atoms with E-state index in [1.807, 2.05) is 12.1 Å². The van der Waals surface area contributed by atoms with E-state index in [0.717, 1.165) is 9.90 Å². The number of amides is 1. The van der Waals surface area contributed by atoms with E-state index >= 15 is 0 Å². The number of hydrogen-bond acceptors (Lipinski definition) is 7. The van der Waals surface area contributed by atoms with Crippen molar-refractivity contribution in [1.82, 2.24) is 10.2 Å². The minimum Gasteiger partial charge on any atom is -0.479 e. The Hall–Kier alpha value is -2.31. The summed E-state index contributed by atoms with van der Waals surface area (Å²) in [5.41, 5.74) is 1.69. The molecule has 10 heteroatoms. The highest BCUT2D eigenvalue weighted by molar-refractivity contribution is 8.00. The average molecular weight is 465 g/mol. The van der Waals surface area contributed by atoms with Crippen LogP contribution in [0.15, 0.2) is 46.8 Å². The van der Waals surface area contributed by atoms with Crippen LogP contribution in [0.1, 0.15) is 18.1 Å². The van der Waals surface area contributed by atoms with Crippen molar-refractivity contribution >= 4 is 57.3 Å². The minimum atomic E-state index is -0.785. The second-order valence-electron chi connectivity index (χ2n) is 5.79. The standard InChI is InChI=1S/C19H14Cl2N4O2S2/c1-11(27-16-7-6-14(20)8-15(16)21)17(26)23-18-24-25-19(29-18)28-10-13-4-2-12(9-22)3-5-13/h2-8,11H,10H2,1H3,(H,23,24,26). The van der Waals surface area contributed by atoms with Gasteiger partial charge < -0.3 is 4.74 Å². The van der Waals surface area contributed by atoms with Gasteiger partial charge in [-0.05, 0) is 42.8 Å². The first kappa shape index (κ1) is 21.4. The molecule has 2 aromatic carbocycles. The normalized spacial score (nSPS) is 11.5. The summed E-state index contributed by atoms with van der Waals surface area (Å²) in [5.74, 6) is 0.688. The second-order valence-corrected chi connectivity index (χ2v) is 8.84. The minimum absolute atomic E-state index is 0.328. The Labute approximate surface area is 185 Å². The highest BCUT2D eigenvalue weighted by Crippen LogP contribution is 2.30. The molecule has 1 unspecified atom stereocenters. The molecule has 3 rings (SSSR count). The molecule has 0 aliphatic heterocycles. The number of ether oxygens (including phenoxy) is 1. The maximum absolute atomic E-state index is 12.3. The van der Waals surface area contributed by atoms with Gasteiger partial charge >= 0.3 is 0 Å². The van der Waals surface area contributed by atoms with Crippen molar-refractivity contribution in [3.8, 4) is 11.8 Å². The van der Waals surface area contributed by atoms with Gasteiger partial charge in [0.25, 0.3) is 5.91 Å². The van der Waals surface area contributed by atoms with Crippen LogP contribution in [-0.4, -0.2) is 22.2 Å². The maximum Gasteiger partial charge on any atom is 0.266 e. The lowest BCUT2D eigenvalue weighted by Gasteiger charge is -2.14. The molecule has 3 aromatic rings. The molecule has 1 atom stereocenters. The Morgan fingerprint density at radius 3 is 2.72 bits per heavy atom. The number of halogens is 2. The number of nitrogens with zero attached hydrogens (tertiary/aromatic N) is 3. The lowest BCUT2D eigenvalue weighted by Crippen LogP contribution is -2.30. The van der Waals surface area contributed by atoms with E-state index in [1.54, 1.807) is 37.3 Å². The van der Waals surface area contributed by atoms with E-state index in [0.29, 0.717) is 32.2 Å². The summed E-state index contributed by atoms with van der Waals surface area (Å²) in [7, 11) is 0. The quantitative estimate of drug-likeness (QED) is 0.371. The number of carbonyl (C=O) groups excluding carboxylic acids is 1. The van der Waals surface area contributed by atoms with Crippen LogP contribution >= 0.6 is 46.3 Å². The Morgan fingerprint density at radius 2 is 2.03 bits per heavy atom. The zero-order valence-corrected chi connectivity index (χ0v) is 18.2. The molecule has 1 aromatic heterocycles. The van der Waals surface area contributed by atoms with Gasteiger partial charge in [0.2, 0.25) is 5.13 Å². The van der Waals surface area contributed by atoms with Gasteiger partial charge in [0.05, 0.1) is 16.7 Å². The van der Waals surface area contributed by atoms with Gasteiger partial charge in [0.15, 0.2) is 10.4 Å². The SMILES string of the molecule is CC(Oc1ccc(Cl)cc1Cl)C(=O)Nc1nnc(SCc2ccc(C#N)cc2)s1. The molecule has 6 nitrogen and oxygen atoms in total. The molecule has 0 radical (unpaired) electrons. The molecule has 0 saturated carbocycles. The molecule has 0 aliphatic rings. The molecule has 0 aliphatic carbocycles. The van der Waals surface area contributed by atoms with Crippen LogP contribution in [0.4, 0.5) is 5.13 Å². The van der Waals surface area contributed by atoms with Gasteiger partial charge in [-0.2, -0.15) is 5.26 Å². The van der Waals surface area contributed by atoms with E-state index in [9.17, 15) is 4.79 Å². The van der Waals surface area contributed by atoms with Gasteiger partial charge in [0, 0.05) is 10.8 Å². The van der Waals surface area contributed by atoms with Crippen molar-refractivity contribution in [2.75, 3.05) is 5.32 Å². The molecule has 0 saturated heterocycles. The Bertz CT molecular complexity index is 1050. The van der Waals surface area contributed by atoms with Crippen molar-refractivity contribution in [2.24, 2.45) is 0 Å². The summed E-state index contributed by atoms with van der Waals surface area (Å²) < 4.78 is 6.31. The zero-order chi connectivity index (χ0) is 20.8. The first-order chi connectivity index (χ1) is 13.9. The predicted octanol–water partition coefficient (Wildman–Crippen LogP) is 5.41. The topological polar surface area (TPSA) is 87.9 Å². The average Bonchev–Trinajstić information content (AvgIpc) is 3.16. The first-order valence-corrected chi connectivity index (χ1v) is 10.9. The molecule has 0 spiro atoms. The number of nitrogens with one attached hydrogen (secondary N) is 1. The van der Waals surface area contributed by atoms with E-state index in [2.05, 4.69) is 21.6 Å². The fourth-order valence-electron chi connectivity index (χ4n) is 2.16. The van der Waals surface area contributed by atoms with Crippen molar-refractivity contribution < 1.29 is 9.53 Å². The second kappa shape index (κ2) is 9.94. The monoisotopic (exact) mass is 464 g/mol. The van der Waals surface area contributed by atoms with Crippen LogP contribution in [-0.2, 0) is 10.5 Å². The van der Waals surface area contributed by atoms with Gasteiger partial charge in [-0.1, -0.05) is 58.4 Å². The van der Waals surface area contributed by atoms with E-state index < -0.39 is 6.10 Å². The summed E-state index contributed by atoms with van der Waals surface area (Å²) in [6, 6.07) is 14.2. The Kier molecular flexibility index (Phi) is 7.34. The molecule has 1 N–H and O–H groups in total. The molecule has 1 heterocycles. The number of rotatable bonds is 7. The van der Waals surface area contributed by atoms with Crippen molar-refractivity contribution in [3.05, 3.63) is 63.6 Å². The van der Waals surface area contributed by atoms with Crippen LogP contribution in [0, 0.1) is 11.3 Å². The van der Waals surface area contributed by atoms with Crippen LogP contribution in [0.5, 0.6) is 5.75 Å². The number of carbonyl (C=O) groups is 1. The van der Waals surface area contributed by atoms with Gasteiger partial charge in [-0.3, -0.25) is 10.1 Å². The summed E-state index contributed by atoms with van der Waals surface area (Å²) >= 11 is 14.7. The summed E-state index contributed by atoms with van der Waals surface area (Å²) in [4.78, 5) is 12.3. The van der Waals surface area contributed by atoms with Crippen molar-refractivity contribution in [2.45, 2.75) is 23.1 Å². The number of hydrogen-bond donors (Lipinski definition) is 1. The number of anilines is 1. The largest absolute Gasteiger partial charge is 0.479 e. The number of thioether (sulfide) groups is 1. The Morgan fingerprint density at radius 1 is 1.28 bits per heavy atom. The number of benzene rings is 2. The zero-order valence-electron chi connectivity index (χ0n) is 15.1. The molecule has 148 valence electrons. The highest BCUT2D eigenvalue weighted by Gasteiger charge is 2.18. The summed E-state index contributed by atoms with van der Waals surface area (Å²) in [6.45, 7) is 1.61. The third kappa shape index (κ3) is 6.08. The van der Waals surface area contributed by atoms with Crippen LogP contribution in [0.2, 0.25) is 10.0 Å². The van der Waals surface area contributed by atoms with Gasteiger partial charge in [0.1, 0.15) is 5.75 Å². The predicted molar refractivity (Wildman–Crippen MR) is 116 cm³/mol. The molecule has 1 amide bonds. The maximum atomic E-state index is 12.3. The first-order valence-electron chi connectivity index (χ1n) is 8.32. The fourth-order valence-corrected chi connectivity index (χ4v) is 4.32. The Balaban J connectivity index is 1.53. The van der Waals surface area contributed by atoms with Crippen LogP contribution < -0.4 is 10.1 Å². The molecule has 0 fully saturated rings. The lowest BCUT2D eigenvalue weighted by atomic mass is 10.2. The number of aromatic nitrogens is 2. The summed E-state index contributed by atoms with van der Waals surface area (Å²) in [5, 5.41) is 20.8. The van der Waals surface area contributed by atoms with Crippen molar-refractivity contribution in [1.29, 1.82) is 5.26 Å². The molecule has 0 bridgehead atoms. The van der Waals surface area contributed by atoms with E-state index in [4.69, 9.17) is 33.2 Å². The smallest absolute Gasteiger partial charge is 0.266 e. The van der Waals surface area contributed by atoms with Crippen LogP contribution in [0.25, 0.3) is 0 Å². The highest BCUT2D eigenvalue weighted by atomic mass is 35.5. The molecule has 29 heavy (non-hydrogen) atoms. The summed E-state index contributed by atoms with van der Waals surface area (Å²) in [6.07, 6.45) is -0.785. The van der Waals surface area contributed by atoms with E-state index in [-0.39, 0.29) is 5.91 Å². The van der Waals surface area contributed by atoms with Gasteiger partial charge in [-0.25, -0.2) is 0 Å². The van der Waals surface area contributed by atoms with Crippen molar-refractivity contribution in [3.63, 3.8) is 0 Å². The molecular formula is C19H14Cl2N4O2S2. The molecular weight excluding hydrogens is 451 g/mol.